The second-order valence-corrected chi connectivity index (χ2v) is 4.97. The molecule has 0 aliphatic carbocycles. The smallest absolute Gasteiger partial charge is 0.267 e. The lowest BCUT2D eigenvalue weighted by Gasteiger charge is -2.04. The van der Waals surface area contributed by atoms with Crippen molar-refractivity contribution in [2.45, 2.75) is 6.92 Å². The minimum absolute atomic E-state index is 0.344. The van der Waals surface area contributed by atoms with Crippen molar-refractivity contribution in [1.82, 2.24) is 5.43 Å². The van der Waals surface area contributed by atoms with Crippen LogP contribution in [0.3, 0.4) is 0 Å². The van der Waals surface area contributed by atoms with Gasteiger partial charge in [-0.3, -0.25) is 4.79 Å². The van der Waals surface area contributed by atoms with Crippen LogP contribution in [0.2, 0.25) is 10.0 Å². The van der Waals surface area contributed by atoms with Gasteiger partial charge in [-0.25, -0.2) is 5.43 Å². The van der Waals surface area contributed by atoms with E-state index in [1.807, 2.05) is 12.1 Å². The molecule has 20 heavy (non-hydrogen) atoms. The highest BCUT2D eigenvalue weighted by molar-refractivity contribution is 6.33. The van der Waals surface area contributed by atoms with Gasteiger partial charge in [0.05, 0.1) is 16.3 Å². The highest BCUT2D eigenvalue weighted by Crippen LogP contribution is 2.14. The molecule has 0 aliphatic heterocycles. The molecule has 0 bridgehead atoms. The molecule has 0 saturated carbocycles. The van der Waals surface area contributed by atoms with E-state index >= 15 is 0 Å². The van der Waals surface area contributed by atoms with E-state index in [0.29, 0.717) is 21.3 Å². The standard InChI is InChI=1S/C15H12Cl2N2O/c1-10(11-6-8-12(16)9-7-11)18-19-15(20)13-4-2-3-5-14(13)17/h2-9H,1H3,(H,19,20)/b18-10+. The third-order valence-electron chi connectivity index (χ3n) is 2.71. The van der Waals surface area contributed by atoms with E-state index in [4.69, 9.17) is 23.2 Å². The molecule has 2 aromatic carbocycles. The molecule has 2 aromatic rings. The summed E-state index contributed by atoms with van der Waals surface area (Å²) in [6.07, 6.45) is 0. The molecule has 0 radical (unpaired) electrons. The number of hydrazone groups is 1. The molecule has 0 aromatic heterocycles. The maximum absolute atomic E-state index is 11.9. The van der Waals surface area contributed by atoms with E-state index in [-0.39, 0.29) is 5.91 Å². The van der Waals surface area contributed by atoms with Gasteiger partial charge in [-0.05, 0) is 36.8 Å². The van der Waals surface area contributed by atoms with Crippen LogP contribution >= 0.6 is 23.2 Å². The number of carbonyl (C=O) groups excluding carboxylic acids is 1. The van der Waals surface area contributed by atoms with Gasteiger partial charge in [0.2, 0.25) is 0 Å². The quantitative estimate of drug-likeness (QED) is 0.672. The normalized spacial score (nSPS) is 11.2. The van der Waals surface area contributed by atoms with Crippen molar-refractivity contribution in [3.63, 3.8) is 0 Å². The first-order valence-electron chi connectivity index (χ1n) is 5.93. The van der Waals surface area contributed by atoms with Crippen LogP contribution in [0, 0.1) is 0 Å². The van der Waals surface area contributed by atoms with Crippen molar-refractivity contribution >= 4 is 34.8 Å². The Kier molecular flexibility index (Phi) is 4.77. The van der Waals surface area contributed by atoms with Crippen LogP contribution in [0.5, 0.6) is 0 Å². The van der Waals surface area contributed by atoms with Crippen LogP contribution in [0.1, 0.15) is 22.8 Å². The van der Waals surface area contributed by atoms with E-state index in [9.17, 15) is 4.79 Å². The maximum Gasteiger partial charge on any atom is 0.272 e. The Hall–Kier alpha value is -1.84. The molecule has 3 nitrogen and oxygen atoms in total. The summed E-state index contributed by atoms with van der Waals surface area (Å²) >= 11 is 11.8. The molecule has 0 unspecified atom stereocenters. The third-order valence-corrected chi connectivity index (χ3v) is 3.29. The number of carbonyl (C=O) groups is 1. The summed E-state index contributed by atoms with van der Waals surface area (Å²) in [5, 5.41) is 5.10. The van der Waals surface area contributed by atoms with Crippen molar-refractivity contribution in [2.24, 2.45) is 5.10 Å². The highest BCUT2D eigenvalue weighted by Gasteiger charge is 2.08. The van der Waals surface area contributed by atoms with Crippen LogP contribution < -0.4 is 5.43 Å². The monoisotopic (exact) mass is 306 g/mol. The largest absolute Gasteiger partial charge is 0.272 e. The van der Waals surface area contributed by atoms with Gasteiger partial charge in [0.25, 0.3) is 5.91 Å². The van der Waals surface area contributed by atoms with Crippen molar-refractivity contribution in [1.29, 1.82) is 0 Å². The number of hydrogen-bond acceptors (Lipinski definition) is 2. The molecule has 5 heteroatoms. The number of halogens is 2. The summed E-state index contributed by atoms with van der Waals surface area (Å²) < 4.78 is 0. The number of nitrogens with zero attached hydrogens (tertiary/aromatic N) is 1. The molecule has 0 saturated heterocycles. The number of amides is 1. The van der Waals surface area contributed by atoms with E-state index in [1.54, 1.807) is 43.3 Å². The second kappa shape index (κ2) is 6.55. The van der Waals surface area contributed by atoms with Gasteiger partial charge in [0.15, 0.2) is 0 Å². The summed E-state index contributed by atoms with van der Waals surface area (Å²) in [5.74, 6) is -0.344. The minimum Gasteiger partial charge on any atom is -0.267 e. The molecule has 1 N–H and O–H groups in total. The fourth-order valence-corrected chi connectivity index (χ4v) is 1.94. The summed E-state index contributed by atoms with van der Waals surface area (Å²) in [4.78, 5) is 11.9. The minimum atomic E-state index is -0.344. The van der Waals surface area contributed by atoms with Crippen LogP contribution in [-0.4, -0.2) is 11.6 Å². The first-order valence-corrected chi connectivity index (χ1v) is 6.68. The van der Waals surface area contributed by atoms with Crippen molar-refractivity contribution in [3.05, 3.63) is 69.7 Å². The number of nitrogens with one attached hydrogen (secondary N) is 1. The predicted molar refractivity (Wildman–Crippen MR) is 82.6 cm³/mol. The van der Waals surface area contributed by atoms with Crippen LogP contribution in [-0.2, 0) is 0 Å². The van der Waals surface area contributed by atoms with Crippen molar-refractivity contribution in [3.8, 4) is 0 Å². The summed E-state index contributed by atoms with van der Waals surface area (Å²) in [5.41, 5.74) is 4.44. The lowest BCUT2D eigenvalue weighted by atomic mass is 10.1. The average Bonchev–Trinajstić information content (AvgIpc) is 2.45. The van der Waals surface area contributed by atoms with Crippen LogP contribution in [0.25, 0.3) is 0 Å². The average molecular weight is 307 g/mol. The highest BCUT2D eigenvalue weighted by atomic mass is 35.5. The zero-order valence-corrected chi connectivity index (χ0v) is 12.2. The molecule has 2 rings (SSSR count). The Bertz CT molecular complexity index is 651. The van der Waals surface area contributed by atoms with Gasteiger partial charge in [-0.2, -0.15) is 5.10 Å². The van der Waals surface area contributed by atoms with Gasteiger partial charge >= 0.3 is 0 Å². The zero-order chi connectivity index (χ0) is 14.5. The summed E-state index contributed by atoms with van der Waals surface area (Å²) in [7, 11) is 0. The lowest BCUT2D eigenvalue weighted by molar-refractivity contribution is 0.0955. The Morgan fingerprint density at radius 3 is 2.35 bits per heavy atom. The van der Waals surface area contributed by atoms with Crippen LogP contribution in [0.4, 0.5) is 0 Å². The second-order valence-electron chi connectivity index (χ2n) is 4.12. The van der Waals surface area contributed by atoms with Crippen molar-refractivity contribution < 1.29 is 4.79 Å². The van der Waals surface area contributed by atoms with Gasteiger partial charge in [-0.1, -0.05) is 47.5 Å². The Morgan fingerprint density at radius 2 is 1.70 bits per heavy atom. The molecular weight excluding hydrogens is 295 g/mol. The number of benzene rings is 2. The first-order chi connectivity index (χ1) is 9.58. The Labute approximate surface area is 127 Å². The zero-order valence-electron chi connectivity index (χ0n) is 10.7. The fraction of sp³-hybridized carbons (Fsp3) is 0.0667. The predicted octanol–water partition coefficient (Wildman–Crippen LogP) is 4.15. The van der Waals surface area contributed by atoms with E-state index in [1.165, 1.54) is 0 Å². The molecule has 0 spiro atoms. The lowest BCUT2D eigenvalue weighted by Crippen LogP contribution is -2.19. The third kappa shape index (κ3) is 3.59. The Balaban J connectivity index is 2.11. The van der Waals surface area contributed by atoms with E-state index < -0.39 is 0 Å². The molecular formula is C15H12Cl2N2O. The molecule has 0 fully saturated rings. The molecule has 1 amide bonds. The van der Waals surface area contributed by atoms with Gasteiger partial charge in [-0.15, -0.1) is 0 Å². The fourth-order valence-electron chi connectivity index (χ4n) is 1.60. The van der Waals surface area contributed by atoms with Gasteiger partial charge < -0.3 is 0 Å². The molecule has 0 atom stereocenters. The summed E-state index contributed by atoms with van der Waals surface area (Å²) in [6.45, 7) is 1.80. The van der Waals surface area contributed by atoms with Crippen molar-refractivity contribution in [2.75, 3.05) is 0 Å². The number of rotatable bonds is 3. The summed E-state index contributed by atoms with van der Waals surface area (Å²) in [6, 6.07) is 14.0. The van der Waals surface area contributed by atoms with Crippen LogP contribution in [0.15, 0.2) is 53.6 Å². The molecule has 0 aliphatic rings. The first kappa shape index (κ1) is 14.6. The number of hydrogen-bond donors (Lipinski definition) is 1. The van der Waals surface area contributed by atoms with E-state index in [0.717, 1.165) is 5.56 Å². The molecule has 102 valence electrons. The topological polar surface area (TPSA) is 41.5 Å². The van der Waals surface area contributed by atoms with Gasteiger partial charge in [0.1, 0.15) is 0 Å². The van der Waals surface area contributed by atoms with E-state index in [2.05, 4.69) is 10.5 Å². The molecule has 0 heterocycles. The maximum atomic E-state index is 11.9. The SMILES string of the molecule is C/C(=N\NC(=O)c1ccccc1Cl)c1ccc(Cl)cc1. The van der Waals surface area contributed by atoms with Gasteiger partial charge in [0, 0.05) is 5.02 Å². The Morgan fingerprint density at radius 1 is 1.05 bits per heavy atom.